The predicted octanol–water partition coefficient (Wildman–Crippen LogP) is 0.840. The molecule has 2 N–H and O–H groups in total. The van der Waals surface area contributed by atoms with Crippen LogP contribution in [0.25, 0.3) is 0 Å². The predicted molar refractivity (Wildman–Crippen MR) is 47.0 cm³/mol. The molecular weight excluding hydrogens is 170 g/mol. The minimum atomic E-state index is 0.232. The SMILES string of the molecule is CNCc1c(O)ccc2c1OCO2. The zero-order chi connectivity index (χ0) is 9.26. The molecule has 0 atom stereocenters. The number of phenolic OH excluding ortho intramolecular Hbond substituents is 1. The fourth-order valence-electron chi connectivity index (χ4n) is 1.37. The first-order valence-electron chi connectivity index (χ1n) is 4.08. The van der Waals surface area contributed by atoms with Gasteiger partial charge in [-0.15, -0.1) is 0 Å². The first-order valence-corrected chi connectivity index (χ1v) is 4.08. The molecule has 1 heterocycles. The van der Waals surface area contributed by atoms with Crippen molar-refractivity contribution < 1.29 is 14.6 Å². The van der Waals surface area contributed by atoms with Gasteiger partial charge in [-0.1, -0.05) is 0 Å². The number of aromatic hydroxyl groups is 1. The Morgan fingerprint density at radius 1 is 1.46 bits per heavy atom. The van der Waals surface area contributed by atoms with Crippen LogP contribution >= 0.6 is 0 Å². The van der Waals surface area contributed by atoms with Crippen LogP contribution in [0.4, 0.5) is 0 Å². The van der Waals surface area contributed by atoms with Crippen LogP contribution in [0.5, 0.6) is 17.2 Å². The van der Waals surface area contributed by atoms with Crippen molar-refractivity contribution in [3.8, 4) is 17.2 Å². The number of rotatable bonds is 2. The molecule has 0 saturated heterocycles. The topological polar surface area (TPSA) is 50.7 Å². The summed E-state index contributed by atoms with van der Waals surface area (Å²) < 4.78 is 10.4. The van der Waals surface area contributed by atoms with Crippen LogP contribution in [0.3, 0.4) is 0 Å². The monoisotopic (exact) mass is 181 g/mol. The van der Waals surface area contributed by atoms with E-state index >= 15 is 0 Å². The molecule has 2 rings (SSSR count). The summed E-state index contributed by atoms with van der Waals surface area (Å²) in [5, 5.41) is 12.5. The van der Waals surface area contributed by atoms with E-state index in [1.807, 2.05) is 7.05 Å². The van der Waals surface area contributed by atoms with Crippen LogP contribution in [-0.4, -0.2) is 18.9 Å². The Hall–Kier alpha value is -1.42. The summed E-state index contributed by atoms with van der Waals surface area (Å²) in [5.74, 6) is 1.58. The van der Waals surface area contributed by atoms with Gasteiger partial charge < -0.3 is 19.9 Å². The van der Waals surface area contributed by atoms with Gasteiger partial charge in [0.25, 0.3) is 0 Å². The number of hydrogen-bond acceptors (Lipinski definition) is 4. The van der Waals surface area contributed by atoms with Gasteiger partial charge in [0.15, 0.2) is 11.5 Å². The molecule has 70 valence electrons. The van der Waals surface area contributed by atoms with Crippen molar-refractivity contribution in [3.63, 3.8) is 0 Å². The van der Waals surface area contributed by atoms with E-state index in [1.54, 1.807) is 12.1 Å². The van der Waals surface area contributed by atoms with Crippen LogP contribution in [-0.2, 0) is 6.54 Å². The van der Waals surface area contributed by atoms with E-state index in [0.29, 0.717) is 18.0 Å². The molecule has 1 aromatic rings. The van der Waals surface area contributed by atoms with Crippen molar-refractivity contribution >= 4 is 0 Å². The molecule has 1 aromatic carbocycles. The summed E-state index contributed by atoms with van der Waals surface area (Å²) in [6.07, 6.45) is 0. The summed E-state index contributed by atoms with van der Waals surface area (Å²) in [4.78, 5) is 0. The molecule has 0 fully saturated rings. The summed E-state index contributed by atoms with van der Waals surface area (Å²) in [6.45, 7) is 0.799. The first-order chi connectivity index (χ1) is 6.33. The molecule has 0 radical (unpaired) electrons. The highest BCUT2D eigenvalue weighted by Crippen LogP contribution is 2.39. The standard InChI is InChI=1S/C9H11NO3/c1-10-4-6-7(11)2-3-8-9(6)13-5-12-8/h2-3,10-11H,4-5H2,1H3. The lowest BCUT2D eigenvalue weighted by Crippen LogP contribution is -2.06. The second kappa shape index (κ2) is 3.14. The maximum atomic E-state index is 9.53. The minimum Gasteiger partial charge on any atom is -0.507 e. The summed E-state index contributed by atoms with van der Waals surface area (Å²) >= 11 is 0. The molecule has 13 heavy (non-hydrogen) atoms. The fraction of sp³-hybridized carbons (Fsp3) is 0.333. The molecule has 4 heteroatoms. The van der Waals surface area contributed by atoms with Crippen LogP contribution in [0.1, 0.15) is 5.56 Å². The molecule has 0 saturated carbocycles. The lowest BCUT2D eigenvalue weighted by atomic mass is 10.1. The van der Waals surface area contributed by atoms with E-state index in [4.69, 9.17) is 9.47 Å². The maximum absolute atomic E-state index is 9.53. The molecule has 1 aliphatic rings. The molecule has 0 unspecified atom stereocenters. The number of hydrogen-bond donors (Lipinski definition) is 2. The number of ether oxygens (including phenoxy) is 2. The highest BCUT2D eigenvalue weighted by molar-refractivity contribution is 5.54. The van der Waals surface area contributed by atoms with Gasteiger partial charge in [-0.05, 0) is 19.2 Å². The molecule has 0 aliphatic carbocycles. The molecular formula is C9H11NO3. The summed E-state index contributed by atoms with van der Waals surface area (Å²) in [6, 6.07) is 3.32. The van der Waals surface area contributed by atoms with Crippen LogP contribution in [0, 0.1) is 0 Å². The number of nitrogens with one attached hydrogen (secondary N) is 1. The highest BCUT2D eigenvalue weighted by atomic mass is 16.7. The van der Waals surface area contributed by atoms with Gasteiger partial charge >= 0.3 is 0 Å². The van der Waals surface area contributed by atoms with Crippen molar-refractivity contribution in [3.05, 3.63) is 17.7 Å². The van der Waals surface area contributed by atoms with Crippen LogP contribution < -0.4 is 14.8 Å². The average Bonchev–Trinajstić information content (AvgIpc) is 2.58. The Balaban J connectivity index is 2.45. The Morgan fingerprint density at radius 2 is 2.31 bits per heavy atom. The van der Waals surface area contributed by atoms with Crippen molar-refractivity contribution in [2.45, 2.75) is 6.54 Å². The van der Waals surface area contributed by atoms with Gasteiger partial charge in [-0.2, -0.15) is 0 Å². The van der Waals surface area contributed by atoms with Gasteiger partial charge in [0.1, 0.15) is 5.75 Å². The van der Waals surface area contributed by atoms with E-state index in [0.717, 1.165) is 5.56 Å². The summed E-state index contributed by atoms with van der Waals surface area (Å²) in [5.41, 5.74) is 0.748. The Morgan fingerprint density at radius 3 is 3.08 bits per heavy atom. The van der Waals surface area contributed by atoms with E-state index < -0.39 is 0 Å². The number of benzene rings is 1. The van der Waals surface area contributed by atoms with Crippen LogP contribution in [0.2, 0.25) is 0 Å². The molecule has 0 aromatic heterocycles. The normalized spacial score (nSPS) is 13.3. The smallest absolute Gasteiger partial charge is 0.231 e. The second-order valence-electron chi connectivity index (χ2n) is 2.83. The molecule has 0 amide bonds. The molecule has 0 spiro atoms. The van der Waals surface area contributed by atoms with E-state index in [1.165, 1.54) is 0 Å². The first kappa shape index (κ1) is 8.19. The third-order valence-electron chi connectivity index (χ3n) is 1.97. The number of phenols is 1. The van der Waals surface area contributed by atoms with Gasteiger partial charge in [-0.25, -0.2) is 0 Å². The van der Waals surface area contributed by atoms with E-state index in [9.17, 15) is 5.11 Å². The Kier molecular flexibility index (Phi) is 1.98. The van der Waals surface area contributed by atoms with Crippen molar-refractivity contribution in [2.75, 3.05) is 13.8 Å². The van der Waals surface area contributed by atoms with Crippen molar-refractivity contribution in [1.29, 1.82) is 0 Å². The third-order valence-corrected chi connectivity index (χ3v) is 1.97. The third kappa shape index (κ3) is 1.29. The van der Waals surface area contributed by atoms with Gasteiger partial charge in [0.2, 0.25) is 6.79 Å². The van der Waals surface area contributed by atoms with Crippen molar-refractivity contribution in [2.24, 2.45) is 0 Å². The fourth-order valence-corrected chi connectivity index (χ4v) is 1.37. The maximum Gasteiger partial charge on any atom is 0.231 e. The largest absolute Gasteiger partial charge is 0.507 e. The molecule has 0 bridgehead atoms. The molecule has 4 nitrogen and oxygen atoms in total. The van der Waals surface area contributed by atoms with Gasteiger partial charge in [0.05, 0.1) is 5.56 Å². The lowest BCUT2D eigenvalue weighted by molar-refractivity contribution is 0.173. The van der Waals surface area contributed by atoms with Crippen molar-refractivity contribution in [1.82, 2.24) is 5.32 Å². The quantitative estimate of drug-likeness (QED) is 0.709. The van der Waals surface area contributed by atoms with Crippen LogP contribution in [0.15, 0.2) is 12.1 Å². The van der Waals surface area contributed by atoms with Gasteiger partial charge in [0, 0.05) is 6.54 Å². The second-order valence-corrected chi connectivity index (χ2v) is 2.83. The van der Waals surface area contributed by atoms with Gasteiger partial charge in [-0.3, -0.25) is 0 Å². The Labute approximate surface area is 76.1 Å². The summed E-state index contributed by atoms with van der Waals surface area (Å²) in [7, 11) is 1.81. The lowest BCUT2D eigenvalue weighted by Gasteiger charge is -2.06. The highest BCUT2D eigenvalue weighted by Gasteiger charge is 2.19. The zero-order valence-corrected chi connectivity index (χ0v) is 7.33. The zero-order valence-electron chi connectivity index (χ0n) is 7.33. The van der Waals surface area contributed by atoms with E-state index in [-0.39, 0.29) is 12.5 Å². The Bertz CT molecular complexity index is 325. The average molecular weight is 181 g/mol. The minimum absolute atomic E-state index is 0.232. The molecule has 1 aliphatic heterocycles. The van der Waals surface area contributed by atoms with E-state index in [2.05, 4.69) is 5.32 Å². The number of fused-ring (bicyclic) bond motifs is 1.